The number of benzene rings is 1. The molecule has 2 N–H and O–H groups in total. The predicted molar refractivity (Wildman–Crippen MR) is 65.5 cm³/mol. The van der Waals surface area contributed by atoms with Crippen molar-refractivity contribution in [1.82, 2.24) is 0 Å². The molecule has 0 aromatic heterocycles. The van der Waals surface area contributed by atoms with Crippen molar-refractivity contribution in [3.8, 4) is 0 Å². The number of rotatable bonds is 3. The van der Waals surface area contributed by atoms with E-state index in [0.29, 0.717) is 10.6 Å². The molecule has 0 radical (unpaired) electrons. The Labute approximate surface area is 95.5 Å². The molecule has 2 unspecified atom stereocenters. The van der Waals surface area contributed by atoms with Crippen LogP contribution in [0.4, 0.5) is 4.39 Å². The summed E-state index contributed by atoms with van der Waals surface area (Å²) in [4.78, 5) is 0.433. The van der Waals surface area contributed by atoms with E-state index in [4.69, 9.17) is 18.0 Å². The van der Waals surface area contributed by atoms with Gasteiger partial charge < -0.3 is 5.73 Å². The predicted octanol–water partition coefficient (Wildman–Crippen LogP) is 3.16. The van der Waals surface area contributed by atoms with Gasteiger partial charge in [0.25, 0.3) is 0 Å². The van der Waals surface area contributed by atoms with Crippen LogP contribution in [0.5, 0.6) is 0 Å². The van der Waals surface area contributed by atoms with Crippen molar-refractivity contribution in [1.29, 1.82) is 0 Å². The van der Waals surface area contributed by atoms with Crippen LogP contribution in [-0.4, -0.2) is 4.99 Å². The number of hydrogen-bond donors (Lipinski definition) is 1. The van der Waals surface area contributed by atoms with Crippen LogP contribution in [-0.2, 0) is 0 Å². The van der Waals surface area contributed by atoms with Gasteiger partial charge in [-0.2, -0.15) is 0 Å². The molecule has 2 atom stereocenters. The summed E-state index contributed by atoms with van der Waals surface area (Å²) in [5.74, 6) is -0.147. The fraction of sp³-hybridized carbons (Fsp3) is 0.417. The van der Waals surface area contributed by atoms with Gasteiger partial charge in [0.05, 0.1) is 4.99 Å². The van der Waals surface area contributed by atoms with Crippen LogP contribution in [0.3, 0.4) is 0 Å². The molecule has 0 fully saturated rings. The molecule has 3 heteroatoms. The zero-order chi connectivity index (χ0) is 11.6. The lowest BCUT2D eigenvalue weighted by atomic mass is 9.88. The molecule has 1 aromatic rings. The molecule has 0 saturated carbocycles. The molecule has 0 bridgehead atoms. The zero-order valence-corrected chi connectivity index (χ0v) is 10.1. The Bertz CT molecular complexity index is 376. The van der Waals surface area contributed by atoms with E-state index >= 15 is 0 Å². The Morgan fingerprint density at radius 2 is 2.00 bits per heavy atom. The topological polar surface area (TPSA) is 26.0 Å². The van der Waals surface area contributed by atoms with Crippen LogP contribution < -0.4 is 5.73 Å². The summed E-state index contributed by atoms with van der Waals surface area (Å²) in [5.41, 5.74) is 7.17. The Balaban J connectivity index is 3.01. The second kappa shape index (κ2) is 4.71. The van der Waals surface area contributed by atoms with Crippen molar-refractivity contribution < 1.29 is 4.39 Å². The first-order valence-electron chi connectivity index (χ1n) is 4.99. The van der Waals surface area contributed by atoms with Gasteiger partial charge in [0, 0.05) is 5.92 Å². The van der Waals surface area contributed by atoms with Crippen LogP contribution in [0.1, 0.15) is 30.9 Å². The lowest BCUT2D eigenvalue weighted by Gasteiger charge is -2.19. The maximum Gasteiger partial charge on any atom is 0.126 e. The van der Waals surface area contributed by atoms with E-state index in [1.54, 1.807) is 0 Å². The highest BCUT2D eigenvalue weighted by Gasteiger charge is 2.19. The average Bonchev–Trinajstić information content (AvgIpc) is 2.15. The first-order chi connectivity index (χ1) is 6.93. The molecule has 0 aliphatic heterocycles. The quantitative estimate of drug-likeness (QED) is 0.800. The maximum absolute atomic E-state index is 13.6. The highest BCUT2D eigenvalue weighted by Crippen LogP contribution is 2.27. The van der Waals surface area contributed by atoms with Gasteiger partial charge in [0.1, 0.15) is 5.82 Å². The largest absolute Gasteiger partial charge is 0.393 e. The van der Waals surface area contributed by atoms with Crippen LogP contribution in [0.25, 0.3) is 0 Å². The van der Waals surface area contributed by atoms with Crippen molar-refractivity contribution in [2.75, 3.05) is 0 Å². The number of hydrogen-bond acceptors (Lipinski definition) is 1. The molecule has 1 aromatic carbocycles. The third-order valence-corrected chi connectivity index (χ3v) is 3.22. The summed E-state index contributed by atoms with van der Waals surface area (Å²) >= 11 is 4.92. The number of thiocarbonyl (C=S) groups is 1. The SMILES string of the molecule is Cc1ccc(C(C)C(C)C(N)=S)c(F)c1. The minimum absolute atomic E-state index is 0.0113. The molecule has 82 valence electrons. The second-order valence-corrected chi connectivity index (χ2v) is 4.48. The minimum atomic E-state index is -0.175. The van der Waals surface area contributed by atoms with E-state index in [2.05, 4.69) is 0 Å². The van der Waals surface area contributed by atoms with Crippen molar-refractivity contribution in [3.63, 3.8) is 0 Å². The van der Waals surface area contributed by atoms with E-state index < -0.39 is 0 Å². The summed E-state index contributed by atoms with van der Waals surface area (Å²) < 4.78 is 13.6. The van der Waals surface area contributed by atoms with Crippen LogP contribution in [0, 0.1) is 18.7 Å². The Morgan fingerprint density at radius 1 is 1.40 bits per heavy atom. The van der Waals surface area contributed by atoms with Crippen LogP contribution in [0.2, 0.25) is 0 Å². The molecule has 1 nitrogen and oxygen atoms in total. The molecule has 15 heavy (non-hydrogen) atoms. The fourth-order valence-corrected chi connectivity index (χ4v) is 1.72. The van der Waals surface area contributed by atoms with Crippen molar-refractivity contribution in [2.24, 2.45) is 11.7 Å². The van der Waals surface area contributed by atoms with Gasteiger partial charge >= 0.3 is 0 Å². The van der Waals surface area contributed by atoms with E-state index in [1.165, 1.54) is 6.07 Å². The zero-order valence-electron chi connectivity index (χ0n) is 9.25. The van der Waals surface area contributed by atoms with Gasteiger partial charge in [-0.25, -0.2) is 4.39 Å². The highest BCUT2D eigenvalue weighted by molar-refractivity contribution is 7.80. The van der Waals surface area contributed by atoms with Gasteiger partial charge in [-0.3, -0.25) is 0 Å². The summed E-state index contributed by atoms with van der Waals surface area (Å²) in [6.45, 7) is 5.73. The van der Waals surface area contributed by atoms with Crippen LogP contribution >= 0.6 is 12.2 Å². The monoisotopic (exact) mass is 225 g/mol. The van der Waals surface area contributed by atoms with Gasteiger partial charge in [0.2, 0.25) is 0 Å². The molecular formula is C12H16FNS. The van der Waals surface area contributed by atoms with Crippen molar-refractivity contribution in [3.05, 3.63) is 35.1 Å². The first-order valence-corrected chi connectivity index (χ1v) is 5.39. The molecule has 0 amide bonds. The van der Waals surface area contributed by atoms with E-state index in [1.807, 2.05) is 32.9 Å². The Kier molecular flexibility index (Phi) is 3.80. The van der Waals surface area contributed by atoms with Gasteiger partial charge in [-0.05, 0) is 30.0 Å². The third kappa shape index (κ3) is 2.75. The molecule has 0 spiro atoms. The number of nitrogens with two attached hydrogens (primary N) is 1. The third-order valence-electron chi connectivity index (χ3n) is 2.85. The second-order valence-electron chi connectivity index (χ2n) is 4.00. The van der Waals surface area contributed by atoms with Crippen molar-refractivity contribution >= 4 is 17.2 Å². The fourth-order valence-electron chi connectivity index (χ4n) is 1.52. The molecule has 0 heterocycles. The lowest BCUT2D eigenvalue weighted by molar-refractivity contribution is 0.553. The molecule has 0 aliphatic carbocycles. The minimum Gasteiger partial charge on any atom is -0.393 e. The Morgan fingerprint density at radius 3 is 2.47 bits per heavy atom. The van der Waals surface area contributed by atoms with Gasteiger partial charge in [-0.1, -0.05) is 38.2 Å². The molecule has 0 saturated heterocycles. The van der Waals surface area contributed by atoms with Gasteiger partial charge in [-0.15, -0.1) is 0 Å². The number of halogens is 1. The lowest BCUT2D eigenvalue weighted by Crippen LogP contribution is -2.23. The summed E-state index contributed by atoms with van der Waals surface area (Å²) in [7, 11) is 0. The van der Waals surface area contributed by atoms with E-state index in [-0.39, 0.29) is 17.7 Å². The standard InChI is InChI=1S/C12H16FNS/c1-7-4-5-10(11(13)6-7)8(2)9(3)12(14)15/h4-6,8-9H,1-3H3,(H2,14,15). The van der Waals surface area contributed by atoms with Gasteiger partial charge in [0.15, 0.2) is 0 Å². The average molecular weight is 225 g/mol. The first kappa shape index (κ1) is 12.1. The molecule has 0 aliphatic rings. The highest BCUT2D eigenvalue weighted by atomic mass is 32.1. The normalized spacial score (nSPS) is 14.7. The smallest absolute Gasteiger partial charge is 0.126 e. The number of aryl methyl sites for hydroxylation is 1. The Hall–Kier alpha value is -0.960. The van der Waals surface area contributed by atoms with E-state index in [0.717, 1.165) is 5.56 Å². The molecular weight excluding hydrogens is 209 g/mol. The molecule has 1 rings (SSSR count). The maximum atomic E-state index is 13.6. The summed E-state index contributed by atoms with van der Waals surface area (Å²) in [6, 6.07) is 5.25. The van der Waals surface area contributed by atoms with E-state index in [9.17, 15) is 4.39 Å². The van der Waals surface area contributed by atoms with Crippen molar-refractivity contribution in [2.45, 2.75) is 26.7 Å². The van der Waals surface area contributed by atoms with Crippen LogP contribution in [0.15, 0.2) is 18.2 Å². The summed E-state index contributed by atoms with van der Waals surface area (Å²) in [6.07, 6.45) is 0. The summed E-state index contributed by atoms with van der Waals surface area (Å²) in [5, 5.41) is 0.